The molecule has 0 aromatic heterocycles. The summed E-state index contributed by atoms with van der Waals surface area (Å²) in [4.78, 5) is 0. The summed E-state index contributed by atoms with van der Waals surface area (Å²) in [6.45, 7) is 2.56. The van der Waals surface area contributed by atoms with E-state index in [1.165, 1.54) is 11.8 Å². The van der Waals surface area contributed by atoms with E-state index < -0.39 is 0 Å². The van der Waals surface area contributed by atoms with Gasteiger partial charge in [0.05, 0.1) is 0 Å². The fourth-order valence-corrected chi connectivity index (χ4v) is 6.17. The molecule has 1 aliphatic carbocycles. The number of hydrogen-bond donors (Lipinski definition) is 0. The average molecular weight is 140 g/mol. The molecule has 3 atom stereocenters. The van der Waals surface area contributed by atoms with Crippen molar-refractivity contribution >= 4 is 8.80 Å². The number of rotatable bonds is 0. The molecule has 1 unspecified atom stereocenters. The summed E-state index contributed by atoms with van der Waals surface area (Å²) in [6, 6.07) is 3.35. The van der Waals surface area contributed by atoms with E-state index in [4.69, 9.17) is 0 Å². The molecule has 0 amide bonds. The van der Waals surface area contributed by atoms with Gasteiger partial charge in [-0.25, -0.2) is 0 Å². The lowest BCUT2D eigenvalue weighted by Crippen LogP contribution is -2.19. The smallest absolute Gasteiger partial charge is 0.0342 e. The van der Waals surface area contributed by atoms with Crippen LogP contribution in [0, 0.1) is 11.8 Å². The molecular weight excluding hydrogens is 124 g/mol. The predicted octanol–water partition coefficient (Wildman–Crippen LogP) is 2.27. The molecule has 1 heterocycles. The first-order valence-corrected chi connectivity index (χ1v) is 7.13. The lowest BCUT2D eigenvalue weighted by molar-refractivity contribution is 0.521. The minimum absolute atomic E-state index is 0.148. The highest BCUT2D eigenvalue weighted by Crippen LogP contribution is 2.42. The summed E-state index contributed by atoms with van der Waals surface area (Å²) in [5, 5.41) is 0. The molecular formula is C8H16Si. The Morgan fingerprint density at radius 1 is 1.11 bits per heavy atom. The number of hydrogen-bond acceptors (Lipinski definition) is 0. The van der Waals surface area contributed by atoms with Gasteiger partial charge >= 0.3 is 0 Å². The topological polar surface area (TPSA) is 0 Å². The average Bonchev–Trinajstić information content (AvgIpc) is 2.11. The van der Waals surface area contributed by atoms with E-state index >= 15 is 0 Å². The van der Waals surface area contributed by atoms with Gasteiger partial charge in [-0.1, -0.05) is 31.5 Å². The Morgan fingerprint density at radius 3 is 2.22 bits per heavy atom. The summed E-state index contributed by atoms with van der Waals surface area (Å²) in [5.41, 5.74) is 0. The van der Waals surface area contributed by atoms with Crippen LogP contribution in [0.5, 0.6) is 0 Å². The van der Waals surface area contributed by atoms with Gasteiger partial charge < -0.3 is 0 Å². The third-order valence-corrected chi connectivity index (χ3v) is 6.06. The first kappa shape index (κ1) is 5.96. The molecule has 1 heteroatoms. The van der Waals surface area contributed by atoms with Crippen LogP contribution < -0.4 is 0 Å². The minimum Gasteiger partial charge on any atom is -0.0720 e. The summed E-state index contributed by atoms with van der Waals surface area (Å²) in [6.07, 6.45) is 4.78. The maximum absolute atomic E-state index is 2.56. The fourth-order valence-electron chi connectivity index (χ4n) is 2.84. The highest BCUT2D eigenvalue weighted by Gasteiger charge is 2.32. The van der Waals surface area contributed by atoms with Crippen LogP contribution in [-0.2, 0) is 0 Å². The Bertz CT molecular complexity index is 99.1. The second-order valence-corrected chi connectivity index (χ2v) is 7.27. The molecule has 2 fully saturated rings. The van der Waals surface area contributed by atoms with Crippen LogP contribution >= 0.6 is 0 Å². The second-order valence-electron chi connectivity index (χ2n) is 4.12. The molecule has 9 heavy (non-hydrogen) atoms. The van der Waals surface area contributed by atoms with Crippen molar-refractivity contribution in [2.24, 2.45) is 11.8 Å². The van der Waals surface area contributed by atoms with E-state index in [9.17, 15) is 0 Å². The van der Waals surface area contributed by atoms with Crippen molar-refractivity contribution < 1.29 is 0 Å². The monoisotopic (exact) mass is 140 g/mol. The van der Waals surface area contributed by atoms with Crippen molar-refractivity contribution in [1.29, 1.82) is 0 Å². The Labute approximate surface area is 59.3 Å². The lowest BCUT2D eigenvalue weighted by atomic mass is 10.1. The van der Waals surface area contributed by atoms with Gasteiger partial charge in [-0.05, 0) is 18.3 Å². The van der Waals surface area contributed by atoms with Crippen LogP contribution in [0.15, 0.2) is 0 Å². The van der Waals surface area contributed by atoms with E-state index in [1.807, 2.05) is 0 Å². The quantitative estimate of drug-likeness (QED) is 0.453. The van der Waals surface area contributed by atoms with E-state index in [0.29, 0.717) is 0 Å². The number of fused-ring (bicyclic) bond motifs is 2. The van der Waals surface area contributed by atoms with Crippen molar-refractivity contribution in [3.8, 4) is 0 Å². The first-order valence-electron chi connectivity index (χ1n) is 4.34. The zero-order valence-corrected chi connectivity index (χ0v) is 7.42. The maximum Gasteiger partial charge on any atom is 0.0342 e. The van der Waals surface area contributed by atoms with Crippen molar-refractivity contribution in [2.75, 3.05) is 0 Å². The van der Waals surface area contributed by atoms with Crippen molar-refractivity contribution in [3.63, 3.8) is 0 Å². The Kier molecular flexibility index (Phi) is 1.40. The molecule has 0 aromatic rings. The fraction of sp³-hybridized carbons (Fsp3) is 1.00. The normalized spacial score (nSPS) is 49.7. The maximum atomic E-state index is 2.56. The van der Waals surface area contributed by atoms with Crippen LogP contribution in [0.2, 0.25) is 18.6 Å². The van der Waals surface area contributed by atoms with Gasteiger partial charge in [0.1, 0.15) is 0 Å². The van der Waals surface area contributed by atoms with Gasteiger partial charge in [-0.2, -0.15) is 0 Å². The van der Waals surface area contributed by atoms with Crippen LogP contribution in [0.1, 0.15) is 19.3 Å². The highest BCUT2D eigenvalue weighted by atomic mass is 28.3. The van der Waals surface area contributed by atoms with Gasteiger partial charge in [-0.3, -0.25) is 0 Å². The zero-order valence-electron chi connectivity index (χ0n) is 6.27. The molecule has 1 saturated carbocycles. The molecule has 1 saturated heterocycles. The van der Waals surface area contributed by atoms with Crippen LogP contribution in [0.4, 0.5) is 0 Å². The van der Waals surface area contributed by atoms with Crippen LogP contribution in [-0.4, -0.2) is 8.80 Å². The Hall–Kier alpha value is 0.217. The van der Waals surface area contributed by atoms with E-state index in [2.05, 4.69) is 6.55 Å². The Morgan fingerprint density at radius 2 is 1.67 bits per heavy atom. The third kappa shape index (κ3) is 1.07. The van der Waals surface area contributed by atoms with Crippen LogP contribution in [0.25, 0.3) is 0 Å². The van der Waals surface area contributed by atoms with Gasteiger partial charge in [0.25, 0.3) is 0 Å². The summed E-state index contributed by atoms with van der Waals surface area (Å²) < 4.78 is 0. The summed E-state index contributed by atoms with van der Waals surface area (Å²) in [5.74, 6) is 2.40. The van der Waals surface area contributed by atoms with Gasteiger partial charge in [0.15, 0.2) is 0 Å². The second kappa shape index (κ2) is 2.12. The molecule has 1 aliphatic heterocycles. The molecule has 0 spiro atoms. The molecule has 2 bridgehead atoms. The largest absolute Gasteiger partial charge is 0.0720 e. The SMILES string of the molecule is C[SiH]1C[C@@H]2CC[C@@H](C2)C1. The summed E-state index contributed by atoms with van der Waals surface area (Å²) in [7, 11) is -0.148. The highest BCUT2D eigenvalue weighted by molar-refractivity contribution is 6.57. The summed E-state index contributed by atoms with van der Waals surface area (Å²) >= 11 is 0. The first-order chi connectivity index (χ1) is 4.34. The molecule has 52 valence electrons. The van der Waals surface area contributed by atoms with Crippen molar-refractivity contribution in [1.82, 2.24) is 0 Å². The van der Waals surface area contributed by atoms with E-state index in [0.717, 1.165) is 0 Å². The molecule has 2 aliphatic rings. The van der Waals surface area contributed by atoms with Gasteiger partial charge in [0.2, 0.25) is 0 Å². The zero-order chi connectivity index (χ0) is 6.27. The molecule has 2 rings (SSSR count). The third-order valence-electron chi connectivity index (χ3n) is 3.12. The van der Waals surface area contributed by atoms with E-state index in [1.54, 1.807) is 31.4 Å². The van der Waals surface area contributed by atoms with E-state index in [-0.39, 0.29) is 8.80 Å². The van der Waals surface area contributed by atoms with Gasteiger partial charge in [0, 0.05) is 8.80 Å². The Balaban J connectivity index is 2.03. The minimum atomic E-state index is -0.148. The van der Waals surface area contributed by atoms with Crippen molar-refractivity contribution in [3.05, 3.63) is 0 Å². The predicted molar refractivity (Wildman–Crippen MR) is 43.5 cm³/mol. The molecule has 0 N–H and O–H groups in total. The molecule has 0 nitrogen and oxygen atoms in total. The van der Waals surface area contributed by atoms with Crippen LogP contribution in [0.3, 0.4) is 0 Å². The van der Waals surface area contributed by atoms with Crippen molar-refractivity contribution in [2.45, 2.75) is 37.9 Å². The lowest BCUT2D eigenvalue weighted by Gasteiger charge is -2.22. The standard InChI is InChI=1S/C8H16Si/c1-9-5-7-2-3-8(4-7)6-9/h7-9H,2-6H2,1H3/t7-,8+,9?. The van der Waals surface area contributed by atoms with Gasteiger partial charge in [-0.15, -0.1) is 0 Å². The molecule has 0 aromatic carbocycles. The molecule has 0 radical (unpaired) electrons.